The maximum Gasteiger partial charge on any atom is 0.255 e. The van der Waals surface area contributed by atoms with Gasteiger partial charge in [-0.25, -0.2) is 0 Å². The van der Waals surface area contributed by atoms with Crippen LogP contribution in [0, 0.1) is 0 Å². The lowest BCUT2D eigenvalue weighted by atomic mass is 10.1. The van der Waals surface area contributed by atoms with Gasteiger partial charge in [-0.3, -0.25) is 9.78 Å². The Morgan fingerprint density at radius 2 is 1.94 bits per heavy atom. The van der Waals surface area contributed by atoms with Crippen molar-refractivity contribution in [3.05, 3.63) is 90.0 Å². The van der Waals surface area contributed by atoms with Crippen LogP contribution in [0.15, 0.2) is 73.1 Å². The van der Waals surface area contributed by atoms with Crippen LogP contribution >= 0.6 is 0 Å². The van der Waals surface area contributed by atoms with Crippen LogP contribution in [-0.2, 0) is 19.6 Å². The average Bonchev–Trinajstić information content (AvgIpc) is 3.12. The van der Waals surface area contributed by atoms with Gasteiger partial charge in [0, 0.05) is 47.7 Å². The molecule has 7 nitrogen and oxygen atoms in total. The summed E-state index contributed by atoms with van der Waals surface area (Å²) in [6.45, 7) is 1.32. The third kappa shape index (κ3) is 4.92. The van der Waals surface area contributed by atoms with E-state index in [0.717, 1.165) is 48.6 Å². The maximum atomic E-state index is 12.9. The number of pyridine rings is 1. The first-order chi connectivity index (χ1) is 16.3. The van der Waals surface area contributed by atoms with Crippen LogP contribution in [0.4, 0.5) is 5.69 Å². The average molecular weight is 440 g/mol. The minimum absolute atomic E-state index is 0.195. The molecule has 166 valence electrons. The molecule has 33 heavy (non-hydrogen) atoms. The Morgan fingerprint density at radius 1 is 1.00 bits per heavy atom. The fraction of sp³-hybridized carbons (Fsp3) is 0.231. The smallest absolute Gasteiger partial charge is 0.255 e. The van der Waals surface area contributed by atoms with E-state index in [1.165, 1.54) is 6.42 Å². The van der Waals surface area contributed by atoms with Crippen molar-refractivity contribution in [3.8, 4) is 17.1 Å². The second-order valence-electron chi connectivity index (χ2n) is 8.11. The van der Waals surface area contributed by atoms with Crippen molar-refractivity contribution in [1.29, 1.82) is 0 Å². The molecule has 1 amide bonds. The van der Waals surface area contributed by atoms with Crippen molar-refractivity contribution >= 4 is 11.6 Å². The van der Waals surface area contributed by atoms with Gasteiger partial charge in [0.15, 0.2) is 5.82 Å². The van der Waals surface area contributed by atoms with Crippen molar-refractivity contribution in [2.75, 3.05) is 5.32 Å². The molecule has 7 heteroatoms. The molecule has 0 atom stereocenters. The van der Waals surface area contributed by atoms with Crippen molar-refractivity contribution in [2.45, 2.75) is 38.8 Å². The Kier molecular flexibility index (Phi) is 6.10. The Balaban J connectivity index is 1.29. The highest BCUT2D eigenvalue weighted by molar-refractivity contribution is 6.04. The quantitative estimate of drug-likeness (QED) is 0.462. The first-order valence-electron chi connectivity index (χ1n) is 11.2. The molecule has 0 unspecified atom stereocenters. The van der Waals surface area contributed by atoms with Gasteiger partial charge in [-0.05, 0) is 49.2 Å². The number of amides is 1. The number of benzene rings is 2. The molecular weight excluding hydrogens is 414 g/mol. The Labute approximate surface area is 192 Å². The fourth-order valence-electron chi connectivity index (χ4n) is 4.02. The number of nitrogens with zero attached hydrogens (tertiary/aromatic N) is 4. The van der Waals surface area contributed by atoms with Gasteiger partial charge in [0.2, 0.25) is 0 Å². The number of nitrogens with one attached hydrogen (secondary N) is 1. The molecule has 0 spiro atoms. The molecule has 1 aliphatic rings. The van der Waals surface area contributed by atoms with Gasteiger partial charge < -0.3 is 14.6 Å². The number of anilines is 1. The van der Waals surface area contributed by atoms with E-state index >= 15 is 0 Å². The summed E-state index contributed by atoms with van der Waals surface area (Å²) in [6, 6.07) is 18.7. The van der Waals surface area contributed by atoms with Gasteiger partial charge in [-0.1, -0.05) is 30.7 Å². The fourth-order valence-corrected chi connectivity index (χ4v) is 4.02. The zero-order valence-corrected chi connectivity index (χ0v) is 18.3. The second-order valence-corrected chi connectivity index (χ2v) is 8.11. The second kappa shape index (κ2) is 9.65. The summed E-state index contributed by atoms with van der Waals surface area (Å²) in [7, 11) is 0. The predicted octanol–water partition coefficient (Wildman–Crippen LogP) is 4.90. The monoisotopic (exact) mass is 439 g/mol. The summed E-state index contributed by atoms with van der Waals surface area (Å²) in [5, 5.41) is 11.8. The van der Waals surface area contributed by atoms with Gasteiger partial charge in [-0.15, -0.1) is 10.2 Å². The van der Waals surface area contributed by atoms with E-state index in [2.05, 4.69) is 25.1 Å². The summed E-state index contributed by atoms with van der Waals surface area (Å²) in [5.41, 5.74) is 3.16. The number of hydrogen-bond acceptors (Lipinski definition) is 5. The van der Waals surface area contributed by atoms with Gasteiger partial charge in [-0.2, -0.15) is 0 Å². The van der Waals surface area contributed by atoms with Crippen molar-refractivity contribution in [1.82, 2.24) is 19.7 Å². The van der Waals surface area contributed by atoms with Crippen LogP contribution in [0.3, 0.4) is 0 Å². The van der Waals surface area contributed by atoms with Crippen LogP contribution in [0.1, 0.15) is 41.0 Å². The molecule has 2 aromatic heterocycles. The van der Waals surface area contributed by atoms with E-state index in [0.29, 0.717) is 23.6 Å². The number of rotatable bonds is 6. The largest absolute Gasteiger partial charge is 0.489 e. The standard InChI is InChI=1S/C26H25N5O2/c32-26(21-9-5-11-23(16-21)33-18-19-7-6-13-27-17-19)28-22-10-4-8-20(15-22)25-30-29-24-12-2-1-3-14-31(24)25/h4-11,13,15-17H,1-3,12,14,18H2,(H,28,32). The molecule has 0 saturated carbocycles. The number of carbonyl (C=O) groups is 1. The Bertz CT molecular complexity index is 1250. The lowest BCUT2D eigenvalue weighted by molar-refractivity contribution is 0.102. The highest BCUT2D eigenvalue weighted by Crippen LogP contribution is 2.25. The number of fused-ring (bicyclic) bond motifs is 1. The third-order valence-corrected chi connectivity index (χ3v) is 5.71. The van der Waals surface area contributed by atoms with E-state index in [1.54, 1.807) is 24.5 Å². The number of aryl methyl sites for hydroxylation is 1. The number of hydrogen-bond donors (Lipinski definition) is 1. The lowest BCUT2D eigenvalue weighted by Gasteiger charge is -2.11. The van der Waals surface area contributed by atoms with Gasteiger partial charge >= 0.3 is 0 Å². The van der Waals surface area contributed by atoms with E-state index < -0.39 is 0 Å². The highest BCUT2D eigenvalue weighted by Gasteiger charge is 2.16. The first kappa shape index (κ1) is 20.9. The maximum absolute atomic E-state index is 12.9. The zero-order chi connectivity index (χ0) is 22.5. The van der Waals surface area contributed by atoms with Crippen molar-refractivity contribution < 1.29 is 9.53 Å². The SMILES string of the molecule is O=C(Nc1cccc(-c2nnc3n2CCCCC3)c1)c1cccc(OCc2cccnc2)c1. The van der Waals surface area contributed by atoms with Gasteiger partial charge in [0.05, 0.1) is 0 Å². The molecule has 0 fully saturated rings. The Morgan fingerprint density at radius 3 is 2.85 bits per heavy atom. The molecule has 0 aliphatic carbocycles. The van der Waals surface area contributed by atoms with Crippen LogP contribution < -0.4 is 10.1 Å². The molecule has 0 saturated heterocycles. The van der Waals surface area contributed by atoms with Gasteiger partial charge in [0.25, 0.3) is 5.91 Å². The molecule has 3 heterocycles. The van der Waals surface area contributed by atoms with Crippen LogP contribution in [0.2, 0.25) is 0 Å². The molecule has 0 radical (unpaired) electrons. The lowest BCUT2D eigenvalue weighted by Crippen LogP contribution is -2.12. The van der Waals surface area contributed by atoms with E-state index in [4.69, 9.17) is 4.74 Å². The third-order valence-electron chi connectivity index (χ3n) is 5.71. The Hall–Kier alpha value is -4.00. The molecule has 5 rings (SSSR count). The summed E-state index contributed by atoms with van der Waals surface area (Å²) in [5.74, 6) is 2.33. The van der Waals surface area contributed by atoms with Crippen LogP contribution in [0.5, 0.6) is 5.75 Å². The van der Waals surface area contributed by atoms with E-state index in [9.17, 15) is 4.79 Å². The van der Waals surface area contributed by atoms with E-state index in [1.807, 2.05) is 48.5 Å². The number of carbonyl (C=O) groups excluding carboxylic acids is 1. The molecule has 2 aromatic carbocycles. The summed E-state index contributed by atoms with van der Waals surface area (Å²) in [4.78, 5) is 17.0. The van der Waals surface area contributed by atoms with Crippen LogP contribution in [0.25, 0.3) is 11.4 Å². The first-order valence-corrected chi connectivity index (χ1v) is 11.2. The van der Waals surface area contributed by atoms with E-state index in [-0.39, 0.29) is 5.91 Å². The minimum Gasteiger partial charge on any atom is -0.489 e. The predicted molar refractivity (Wildman–Crippen MR) is 126 cm³/mol. The molecule has 4 aromatic rings. The highest BCUT2D eigenvalue weighted by atomic mass is 16.5. The molecule has 1 aliphatic heterocycles. The van der Waals surface area contributed by atoms with Crippen LogP contribution in [-0.4, -0.2) is 25.7 Å². The summed E-state index contributed by atoms with van der Waals surface area (Å²) in [6.07, 6.45) is 7.94. The molecule has 1 N–H and O–H groups in total. The topological polar surface area (TPSA) is 81.9 Å². The minimum atomic E-state index is -0.195. The summed E-state index contributed by atoms with van der Waals surface area (Å²) < 4.78 is 8.03. The molecule has 0 bridgehead atoms. The number of aromatic nitrogens is 4. The van der Waals surface area contributed by atoms with Crippen molar-refractivity contribution in [3.63, 3.8) is 0 Å². The van der Waals surface area contributed by atoms with Gasteiger partial charge in [0.1, 0.15) is 18.2 Å². The normalized spacial score (nSPS) is 13.1. The summed E-state index contributed by atoms with van der Waals surface area (Å²) >= 11 is 0. The number of ether oxygens (including phenoxy) is 1. The zero-order valence-electron chi connectivity index (χ0n) is 18.3. The molecular formula is C26H25N5O2. The van der Waals surface area contributed by atoms with Crippen molar-refractivity contribution in [2.24, 2.45) is 0 Å².